The fourth-order valence-corrected chi connectivity index (χ4v) is 2.30. The molecule has 5 atom stereocenters. The fourth-order valence-electron chi connectivity index (χ4n) is 2.30. The van der Waals surface area contributed by atoms with Gasteiger partial charge in [-0.3, -0.25) is 4.79 Å². The third kappa shape index (κ3) is 4.30. The van der Waals surface area contributed by atoms with E-state index in [1.54, 1.807) is 19.1 Å². The van der Waals surface area contributed by atoms with Gasteiger partial charge in [0.25, 0.3) is 0 Å². The largest absolute Gasteiger partial charge is 0.478 e. The normalized spacial score (nSPS) is 27.7. The molecule has 0 aliphatic carbocycles. The first kappa shape index (κ1) is 18.1. The van der Waals surface area contributed by atoms with E-state index in [4.69, 9.17) is 14.9 Å². The molecule has 0 bridgehead atoms. The van der Waals surface area contributed by atoms with Crippen molar-refractivity contribution in [3.8, 4) is 0 Å². The summed E-state index contributed by atoms with van der Waals surface area (Å²) < 4.78 is 5.21. The average Bonchev–Trinajstić information content (AvgIpc) is 2.46. The monoisotopic (exact) mass is 315 g/mol. The van der Waals surface area contributed by atoms with Gasteiger partial charge in [0.05, 0.1) is 12.6 Å². The van der Waals surface area contributed by atoms with Crippen molar-refractivity contribution in [2.75, 3.05) is 6.61 Å². The van der Waals surface area contributed by atoms with E-state index in [9.17, 15) is 19.8 Å². The number of carboxylic acids is 1. The van der Waals surface area contributed by atoms with Gasteiger partial charge in [0.15, 0.2) is 0 Å². The van der Waals surface area contributed by atoms with Crippen molar-refractivity contribution < 1.29 is 34.8 Å². The highest BCUT2D eigenvalue weighted by Crippen LogP contribution is 2.27. The van der Waals surface area contributed by atoms with Crippen LogP contribution in [-0.4, -0.2) is 63.3 Å². The minimum atomic E-state index is -1.57. The van der Waals surface area contributed by atoms with E-state index in [1.165, 1.54) is 13.0 Å². The maximum Gasteiger partial charge on any atom is 0.370 e. The molecule has 0 radical (unpaired) electrons. The van der Waals surface area contributed by atoms with Crippen molar-refractivity contribution in [3.63, 3.8) is 0 Å². The van der Waals surface area contributed by atoms with E-state index >= 15 is 0 Å². The zero-order valence-electron chi connectivity index (χ0n) is 12.3. The number of hydrogen-bond acceptors (Lipinski definition) is 6. The van der Waals surface area contributed by atoms with Crippen molar-refractivity contribution in [3.05, 3.63) is 24.0 Å². The molecule has 0 aromatic carbocycles. The molecule has 124 valence electrons. The lowest BCUT2D eigenvalue weighted by Crippen LogP contribution is -2.57. The smallest absolute Gasteiger partial charge is 0.370 e. The summed E-state index contributed by atoms with van der Waals surface area (Å²) in [4.78, 5) is 22.5. The topological polar surface area (TPSA) is 136 Å². The van der Waals surface area contributed by atoms with E-state index in [-0.39, 0.29) is 5.76 Å². The van der Waals surface area contributed by atoms with Gasteiger partial charge in [0, 0.05) is 12.8 Å². The zero-order valence-corrected chi connectivity index (χ0v) is 12.3. The van der Waals surface area contributed by atoms with Crippen LogP contribution in [0, 0.1) is 5.92 Å². The van der Waals surface area contributed by atoms with E-state index in [0.29, 0.717) is 0 Å². The molecule has 0 aromatic rings. The van der Waals surface area contributed by atoms with E-state index < -0.39 is 48.8 Å². The molecule has 0 fully saturated rings. The quantitative estimate of drug-likeness (QED) is 0.387. The summed E-state index contributed by atoms with van der Waals surface area (Å²) >= 11 is 0. The number of rotatable bonds is 6. The van der Waals surface area contributed by atoms with Crippen LogP contribution >= 0.6 is 0 Å². The fraction of sp³-hybridized carbons (Fsp3) is 0.571. The van der Waals surface area contributed by atoms with Gasteiger partial charge in [-0.2, -0.15) is 0 Å². The summed E-state index contributed by atoms with van der Waals surface area (Å²) in [6.45, 7) is 2.27. The number of allylic oxidation sites excluding steroid dienone is 1. The second kappa shape index (κ2) is 7.92. The summed E-state index contributed by atoms with van der Waals surface area (Å²) in [5.41, 5.74) is 0. The third-order valence-electron chi connectivity index (χ3n) is 3.29. The van der Waals surface area contributed by atoms with Crippen molar-refractivity contribution in [1.29, 1.82) is 0 Å². The molecule has 1 heterocycles. The van der Waals surface area contributed by atoms with Crippen LogP contribution in [-0.2, 0) is 14.3 Å². The van der Waals surface area contributed by atoms with Gasteiger partial charge < -0.3 is 30.5 Å². The van der Waals surface area contributed by atoms with Crippen molar-refractivity contribution >= 4 is 11.9 Å². The van der Waals surface area contributed by atoms with Crippen LogP contribution in [0.15, 0.2) is 24.0 Å². The predicted octanol–water partition coefficient (Wildman–Crippen LogP) is -1.24. The second-order valence-electron chi connectivity index (χ2n) is 4.99. The minimum Gasteiger partial charge on any atom is -0.478 e. The second-order valence-corrected chi connectivity index (χ2v) is 4.99. The molecular weight excluding hydrogens is 294 g/mol. The number of amides is 1. The minimum absolute atomic E-state index is 0.390. The summed E-state index contributed by atoms with van der Waals surface area (Å²) in [6, 6.07) is -0.784. The van der Waals surface area contributed by atoms with Gasteiger partial charge in [0.2, 0.25) is 11.7 Å². The predicted molar refractivity (Wildman–Crippen MR) is 75.6 cm³/mol. The van der Waals surface area contributed by atoms with Gasteiger partial charge in [-0.15, -0.1) is 0 Å². The van der Waals surface area contributed by atoms with Crippen LogP contribution in [0.1, 0.15) is 13.8 Å². The third-order valence-corrected chi connectivity index (χ3v) is 3.29. The average molecular weight is 315 g/mol. The van der Waals surface area contributed by atoms with E-state index in [2.05, 4.69) is 5.32 Å². The molecule has 5 N–H and O–H groups in total. The molecule has 22 heavy (non-hydrogen) atoms. The van der Waals surface area contributed by atoms with E-state index in [1.807, 2.05) is 0 Å². The summed E-state index contributed by atoms with van der Waals surface area (Å²) in [5, 5.41) is 40.3. The highest BCUT2D eigenvalue weighted by molar-refractivity contribution is 5.84. The van der Waals surface area contributed by atoms with Gasteiger partial charge in [-0.1, -0.05) is 12.2 Å². The Morgan fingerprint density at radius 1 is 1.45 bits per heavy atom. The molecule has 8 nitrogen and oxygen atoms in total. The Kier molecular flexibility index (Phi) is 6.54. The Morgan fingerprint density at radius 3 is 2.55 bits per heavy atom. The number of carbonyl (C=O) groups is 2. The number of ether oxygens (including phenoxy) is 1. The molecule has 1 rings (SSSR count). The van der Waals surface area contributed by atoms with Gasteiger partial charge >= 0.3 is 5.97 Å². The summed E-state index contributed by atoms with van der Waals surface area (Å²) in [5.74, 6) is -2.66. The molecule has 1 amide bonds. The molecule has 0 saturated carbocycles. The van der Waals surface area contributed by atoms with Crippen LogP contribution in [0.2, 0.25) is 0 Å². The highest BCUT2D eigenvalue weighted by atomic mass is 16.5. The van der Waals surface area contributed by atoms with Crippen molar-refractivity contribution in [2.45, 2.75) is 38.2 Å². The summed E-state index contributed by atoms with van der Waals surface area (Å²) in [7, 11) is 0. The maximum atomic E-state index is 11.4. The number of aliphatic hydroxyl groups is 3. The first-order valence-electron chi connectivity index (χ1n) is 6.80. The molecule has 1 aliphatic rings. The number of carbonyl (C=O) groups excluding carboxylic acids is 1. The number of hydrogen-bond donors (Lipinski definition) is 5. The Balaban J connectivity index is 3.20. The van der Waals surface area contributed by atoms with Crippen molar-refractivity contribution in [2.24, 2.45) is 5.92 Å². The number of nitrogens with one attached hydrogen (secondary N) is 1. The van der Waals surface area contributed by atoms with Gasteiger partial charge in [-0.25, -0.2) is 4.79 Å². The van der Waals surface area contributed by atoms with Crippen LogP contribution in [0.5, 0.6) is 0 Å². The van der Waals surface area contributed by atoms with E-state index in [0.717, 1.165) is 0 Å². The SMILES string of the molecule is C/C=C\[C@H]1C=C(C(=O)O)O[C@@H]([C@H](O)[C@H](O)CO)[C@@H]1NC(C)=O. The molecule has 1 aliphatic heterocycles. The Labute approximate surface area is 127 Å². The van der Waals surface area contributed by atoms with Crippen LogP contribution in [0.3, 0.4) is 0 Å². The van der Waals surface area contributed by atoms with Crippen molar-refractivity contribution in [1.82, 2.24) is 5.32 Å². The maximum absolute atomic E-state index is 11.4. The van der Waals surface area contributed by atoms with Gasteiger partial charge in [-0.05, 0) is 13.0 Å². The number of aliphatic hydroxyl groups excluding tert-OH is 3. The highest BCUT2D eigenvalue weighted by Gasteiger charge is 2.42. The Hall–Kier alpha value is -1.90. The lowest BCUT2D eigenvalue weighted by Gasteiger charge is -2.39. The number of carboxylic acid groups (broad SMARTS) is 1. The number of aliphatic carboxylic acids is 1. The Bertz CT molecular complexity index is 474. The molecular formula is C14H21NO7. The zero-order chi connectivity index (χ0) is 16.9. The molecule has 0 saturated heterocycles. The molecule has 0 aromatic heterocycles. The van der Waals surface area contributed by atoms with Crippen LogP contribution < -0.4 is 5.32 Å². The standard InChI is InChI=1S/C14H21NO7/c1-3-4-8-5-10(14(20)21)22-13(11(8)15-7(2)17)12(19)9(18)6-16/h3-5,8-9,11-13,16,18-19H,6H2,1-2H3,(H,15,17)(H,20,21)/b4-3-/t8-,9+,11+,12+,13+/m0/s1. The summed E-state index contributed by atoms with van der Waals surface area (Å²) in [6.07, 6.45) is 0.322. The molecule has 0 spiro atoms. The van der Waals surface area contributed by atoms with Crippen LogP contribution in [0.4, 0.5) is 0 Å². The Morgan fingerprint density at radius 2 is 2.09 bits per heavy atom. The molecule has 0 unspecified atom stereocenters. The lowest BCUT2D eigenvalue weighted by atomic mass is 9.87. The van der Waals surface area contributed by atoms with Crippen LogP contribution in [0.25, 0.3) is 0 Å². The lowest BCUT2D eigenvalue weighted by molar-refractivity contribution is -0.146. The first-order chi connectivity index (χ1) is 10.3. The first-order valence-corrected chi connectivity index (χ1v) is 6.80. The van der Waals surface area contributed by atoms with Gasteiger partial charge in [0.1, 0.15) is 18.3 Å². The molecule has 8 heteroatoms.